The molecule has 1 aliphatic heterocycles. The molecule has 1 amide bonds. The Hall–Kier alpha value is -4.17. The molecule has 0 bridgehead atoms. The lowest BCUT2D eigenvalue weighted by Gasteiger charge is -2.42. The summed E-state index contributed by atoms with van der Waals surface area (Å²) < 4.78 is 47.6. The molecule has 0 aliphatic carbocycles. The number of amides is 1. The van der Waals surface area contributed by atoms with Crippen LogP contribution in [0.5, 0.6) is 5.75 Å². The van der Waals surface area contributed by atoms with Gasteiger partial charge in [0.15, 0.2) is 0 Å². The minimum absolute atomic E-state index is 0.117. The summed E-state index contributed by atoms with van der Waals surface area (Å²) >= 11 is 1.13. The van der Waals surface area contributed by atoms with Gasteiger partial charge in [0.25, 0.3) is 5.91 Å². The molecule has 2 heterocycles. The summed E-state index contributed by atoms with van der Waals surface area (Å²) in [7, 11) is 0. The van der Waals surface area contributed by atoms with Crippen molar-refractivity contribution in [2.24, 2.45) is 0 Å². The van der Waals surface area contributed by atoms with Crippen LogP contribution in [-0.4, -0.2) is 50.2 Å². The van der Waals surface area contributed by atoms with E-state index in [-0.39, 0.29) is 18.0 Å². The van der Waals surface area contributed by atoms with Gasteiger partial charge in [-0.15, -0.1) is 0 Å². The predicted molar refractivity (Wildman–Crippen MR) is 158 cm³/mol. The molecule has 1 aromatic heterocycles. The first-order chi connectivity index (χ1) is 21.1. The molecule has 0 radical (unpaired) electrons. The molecular weight excluding hydrogens is 594 g/mol. The second-order valence-corrected chi connectivity index (χ2v) is 11.6. The highest BCUT2D eigenvalue weighted by molar-refractivity contribution is 8.00. The lowest BCUT2D eigenvalue weighted by molar-refractivity contribution is -0.213. The Morgan fingerprint density at radius 2 is 1.82 bits per heavy atom. The smallest absolute Gasteiger partial charge is 0.308 e. The number of aliphatic hydroxyl groups is 1. The third-order valence-corrected chi connectivity index (χ3v) is 8.54. The highest BCUT2D eigenvalue weighted by Crippen LogP contribution is 2.48. The lowest BCUT2D eigenvalue weighted by Crippen LogP contribution is -2.45. The van der Waals surface area contributed by atoms with Crippen LogP contribution in [0.2, 0.25) is 0 Å². The molecule has 1 fully saturated rings. The number of nitrogens with one attached hydrogen (secondary N) is 1. The zero-order valence-electron chi connectivity index (χ0n) is 23.9. The fraction of sp³-hybridized carbons (Fsp3) is 0.290. The first-order valence-electron chi connectivity index (χ1n) is 13.7. The van der Waals surface area contributed by atoms with E-state index in [4.69, 9.17) is 14.2 Å². The monoisotopic (exact) mass is 624 g/mol. The lowest BCUT2D eigenvalue weighted by atomic mass is 9.90. The average molecular weight is 625 g/mol. The van der Waals surface area contributed by atoms with Crippen LogP contribution < -0.4 is 10.1 Å². The normalized spacial score (nSPS) is 16.5. The minimum atomic E-state index is -1.89. The van der Waals surface area contributed by atoms with Crippen LogP contribution in [0.3, 0.4) is 0 Å². The zero-order chi connectivity index (χ0) is 31.3. The van der Waals surface area contributed by atoms with Gasteiger partial charge in [0.2, 0.25) is 5.12 Å². The van der Waals surface area contributed by atoms with Crippen molar-refractivity contribution in [3.05, 3.63) is 108 Å². The van der Waals surface area contributed by atoms with Crippen LogP contribution in [0, 0.1) is 11.6 Å². The second-order valence-electron chi connectivity index (χ2n) is 10.2. The summed E-state index contributed by atoms with van der Waals surface area (Å²) in [5.74, 6) is -2.13. The van der Waals surface area contributed by atoms with Crippen molar-refractivity contribution < 1.29 is 37.7 Å². The van der Waals surface area contributed by atoms with Crippen molar-refractivity contribution in [2.75, 3.05) is 18.5 Å². The van der Waals surface area contributed by atoms with Gasteiger partial charge in [-0.05, 0) is 55.8 Å². The van der Waals surface area contributed by atoms with Gasteiger partial charge in [0, 0.05) is 40.6 Å². The number of carbonyl (C=O) groups excluding carboxylic acids is 2. The number of hydrogen-bond donors (Lipinski definition) is 2. The Bertz CT molecular complexity index is 1600. The third kappa shape index (κ3) is 6.97. The number of benzene rings is 3. The van der Waals surface area contributed by atoms with Crippen LogP contribution in [0.15, 0.2) is 79.4 Å². The number of nitrogens with zero attached hydrogens (tertiary/aromatic N) is 3. The van der Waals surface area contributed by atoms with Gasteiger partial charge < -0.3 is 24.6 Å². The van der Waals surface area contributed by atoms with E-state index in [1.165, 1.54) is 30.3 Å². The first-order valence-corrected chi connectivity index (χ1v) is 14.6. The van der Waals surface area contributed by atoms with Gasteiger partial charge in [0.1, 0.15) is 35.6 Å². The molecule has 2 N–H and O–H groups in total. The van der Waals surface area contributed by atoms with Gasteiger partial charge in [0.05, 0.1) is 19.8 Å². The maximum atomic E-state index is 15.1. The van der Waals surface area contributed by atoms with E-state index in [0.29, 0.717) is 42.2 Å². The molecule has 230 valence electrons. The third-order valence-electron chi connectivity index (χ3n) is 7.02. The van der Waals surface area contributed by atoms with Gasteiger partial charge >= 0.3 is 5.97 Å². The molecule has 0 spiro atoms. The summed E-state index contributed by atoms with van der Waals surface area (Å²) in [5, 5.41) is 16.7. The Labute approximate surface area is 256 Å². The van der Waals surface area contributed by atoms with Crippen molar-refractivity contribution in [1.29, 1.82) is 0 Å². The van der Waals surface area contributed by atoms with Gasteiger partial charge in [-0.3, -0.25) is 9.59 Å². The van der Waals surface area contributed by atoms with Crippen LogP contribution >= 0.6 is 11.8 Å². The van der Waals surface area contributed by atoms with E-state index in [0.717, 1.165) is 23.9 Å². The molecule has 13 heteroatoms. The number of esters is 1. The molecular formula is C31H30F2N4O6S. The zero-order valence-corrected chi connectivity index (χ0v) is 24.7. The Morgan fingerprint density at radius 3 is 2.43 bits per heavy atom. The van der Waals surface area contributed by atoms with E-state index in [2.05, 4.69) is 15.4 Å². The van der Waals surface area contributed by atoms with E-state index in [9.17, 15) is 19.1 Å². The summed E-state index contributed by atoms with van der Waals surface area (Å²) in [4.78, 5) is 28.0. The number of hydrogen-bond acceptors (Lipinski definition) is 9. The number of thioether (sulfide) groups is 1. The molecule has 1 saturated heterocycles. The predicted octanol–water partition coefficient (Wildman–Crippen LogP) is 4.99. The first kappa shape index (κ1) is 31.3. The van der Waals surface area contributed by atoms with Crippen LogP contribution in [-0.2, 0) is 31.5 Å². The number of anilines is 1. The molecule has 3 aromatic carbocycles. The van der Waals surface area contributed by atoms with Crippen LogP contribution in [0.4, 0.5) is 14.5 Å². The SMILES string of the molecule is CC(=O)Oc1ccc(NC(=O)c2ccc(C3(SC(C)C(O)(Cn4cncn4)c4ccc(F)cc4F)OCCCO3)cc2)cc1. The topological polar surface area (TPSA) is 125 Å². The molecule has 2 unspecified atom stereocenters. The van der Waals surface area contributed by atoms with Gasteiger partial charge in [-0.25, -0.2) is 18.4 Å². The highest BCUT2D eigenvalue weighted by Gasteiger charge is 2.47. The number of ether oxygens (including phenoxy) is 3. The van der Waals surface area contributed by atoms with Crippen LogP contribution in [0.1, 0.15) is 41.8 Å². The number of carbonyl (C=O) groups is 2. The highest BCUT2D eigenvalue weighted by atomic mass is 32.2. The summed E-state index contributed by atoms with van der Waals surface area (Å²) in [6, 6.07) is 16.0. The van der Waals surface area contributed by atoms with Crippen molar-refractivity contribution in [1.82, 2.24) is 14.8 Å². The maximum absolute atomic E-state index is 15.1. The summed E-state index contributed by atoms with van der Waals surface area (Å²) in [6.07, 6.45) is 3.33. The van der Waals surface area contributed by atoms with E-state index >= 15 is 4.39 Å². The summed E-state index contributed by atoms with van der Waals surface area (Å²) in [6.45, 7) is 3.54. The number of aromatic nitrogens is 3. The fourth-order valence-electron chi connectivity index (χ4n) is 4.78. The molecule has 10 nitrogen and oxygen atoms in total. The van der Waals surface area contributed by atoms with Gasteiger partial charge in [-0.1, -0.05) is 30.0 Å². The van der Waals surface area contributed by atoms with Crippen LogP contribution in [0.25, 0.3) is 0 Å². The van der Waals surface area contributed by atoms with Crippen molar-refractivity contribution in [3.63, 3.8) is 0 Å². The largest absolute Gasteiger partial charge is 0.427 e. The minimum Gasteiger partial charge on any atom is -0.427 e. The standard InChI is InChI=1S/C31H30F2N4O6S/c1-20(30(40,17-37-19-34-18-35-37)27-13-8-24(32)16-28(27)33)44-31(41-14-3-15-42-31)23-6-4-22(5-7-23)29(39)36-25-9-11-26(12-10-25)43-21(2)38/h4-13,16,18-20,40H,3,14-15,17H2,1-2H3,(H,36,39). The van der Waals surface area contributed by atoms with E-state index in [1.807, 2.05) is 0 Å². The van der Waals surface area contributed by atoms with E-state index < -0.39 is 33.6 Å². The van der Waals surface area contributed by atoms with Gasteiger partial charge in [-0.2, -0.15) is 5.10 Å². The molecule has 44 heavy (non-hydrogen) atoms. The quantitative estimate of drug-likeness (QED) is 0.185. The van der Waals surface area contributed by atoms with E-state index in [1.54, 1.807) is 55.5 Å². The fourth-order valence-corrected chi connectivity index (χ4v) is 6.22. The maximum Gasteiger partial charge on any atom is 0.308 e. The summed E-state index contributed by atoms with van der Waals surface area (Å²) in [5.41, 5.74) is -0.572. The second kappa shape index (κ2) is 13.2. The number of rotatable bonds is 10. The molecule has 1 aliphatic rings. The van der Waals surface area contributed by atoms with Crippen molar-refractivity contribution in [2.45, 2.75) is 42.8 Å². The van der Waals surface area contributed by atoms with Crippen molar-refractivity contribution >= 4 is 29.3 Å². The Morgan fingerprint density at radius 1 is 1.11 bits per heavy atom. The Kier molecular flexibility index (Phi) is 9.39. The molecule has 5 rings (SSSR count). The van der Waals surface area contributed by atoms with Crippen molar-refractivity contribution in [3.8, 4) is 5.75 Å². The molecule has 4 aromatic rings. The Balaban J connectivity index is 1.39. The number of halogens is 2. The average Bonchev–Trinajstić information content (AvgIpc) is 3.51. The molecule has 0 saturated carbocycles. The molecule has 2 atom stereocenters.